The molecular weight excluding hydrogens is 599 g/mol. The lowest BCUT2D eigenvalue weighted by Gasteiger charge is -2.03. The van der Waals surface area contributed by atoms with Gasteiger partial charge in [-0.15, -0.1) is 11.3 Å². The topological polar surface area (TPSA) is 55.1 Å². The lowest BCUT2D eigenvalue weighted by atomic mass is 10.2. The molecule has 2 heterocycles. The van der Waals surface area contributed by atoms with E-state index in [1.54, 1.807) is 18.2 Å². The third kappa shape index (κ3) is 3.64. The Labute approximate surface area is 202 Å². The van der Waals surface area contributed by atoms with Crippen LogP contribution in [0.25, 0.3) is 32.6 Å². The summed E-state index contributed by atoms with van der Waals surface area (Å²) < 4.78 is 8.89. The maximum Gasteiger partial charge on any atom is 0.267 e. The molecule has 0 saturated heterocycles. The molecule has 3 aromatic carbocycles. The quantitative estimate of drug-likeness (QED) is 0.211. The number of carbonyl (C=O) groups excluding carboxylic acids is 1. The zero-order valence-corrected chi connectivity index (χ0v) is 20.4. The minimum absolute atomic E-state index is 0.246. The van der Waals surface area contributed by atoms with Crippen LogP contribution in [-0.4, -0.2) is 10.9 Å². The first-order chi connectivity index (χ1) is 14.5. The van der Waals surface area contributed by atoms with E-state index in [9.17, 15) is 4.79 Å². The van der Waals surface area contributed by atoms with Crippen LogP contribution >= 0.6 is 61.5 Å². The highest BCUT2D eigenvalue weighted by molar-refractivity contribution is 14.1. The fourth-order valence-electron chi connectivity index (χ4n) is 3.13. The predicted molar refractivity (Wildman–Crippen MR) is 135 cm³/mol. The Kier molecular flexibility index (Phi) is 5.30. The van der Waals surface area contributed by atoms with Gasteiger partial charge in [-0.25, -0.2) is 4.98 Å². The van der Waals surface area contributed by atoms with Crippen LogP contribution in [0.3, 0.4) is 0 Å². The van der Waals surface area contributed by atoms with Gasteiger partial charge in [0.05, 0.1) is 10.6 Å². The number of hydrogen-bond donors (Lipinski definition) is 1. The standard InChI is InChI=1S/C22H11BrClIN2O2S/c23-15-7-5-11(25)9-14(15)22-27-16-10-12(6-8-17(16)29-22)26-21(28)20-19(24)13-3-1-2-4-18(13)30-20/h1-10H,(H,26,28). The number of benzene rings is 3. The second-order valence-electron chi connectivity index (χ2n) is 6.52. The van der Waals surface area contributed by atoms with E-state index in [1.165, 1.54) is 11.3 Å². The predicted octanol–water partition coefficient (Wildman–Crippen LogP) is 7.98. The Hall–Kier alpha value is -1.94. The number of aromatic nitrogens is 1. The van der Waals surface area contributed by atoms with Gasteiger partial charge < -0.3 is 9.73 Å². The molecule has 0 fully saturated rings. The van der Waals surface area contributed by atoms with Crippen LogP contribution < -0.4 is 5.32 Å². The minimum atomic E-state index is -0.246. The van der Waals surface area contributed by atoms with E-state index in [-0.39, 0.29) is 5.91 Å². The van der Waals surface area contributed by atoms with E-state index < -0.39 is 0 Å². The number of rotatable bonds is 3. The smallest absolute Gasteiger partial charge is 0.267 e. The second kappa shape index (κ2) is 7.96. The Bertz CT molecular complexity index is 1450. The van der Waals surface area contributed by atoms with E-state index in [1.807, 2.05) is 42.5 Å². The number of amides is 1. The Morgan fingerprint density at radius 2 is 1.97 bits per heavy atom. The van der Waals surface area contributed by atoms with Crippen molar-refractivity contribution in [2.75, 3.05) is 5.32 Å². The van der Waals surface area contributed by atoms with E-state index in [2.05, 4.69) is 48.8 Å². The highest BCUT2D eigenvalue weighted by atomic mass is 127. The number of halogens is 3. The van der Waals surface area contributed by atoms with Crippen molar-refractivity contribution in [2.24, 2.45) is 0 Å². The van der Waals surface area contributed by atoms with E-state index >= 15 is 0 Å². The molecule has 1 amide bonds. The van der Waals surface area contributed by atoms with E-state index in [0.29, 0.717) is 32.6 Å². The van der Waals surface area contributed by atoms with Gasteiger partial charge in [-0.05, 0) is 81.0 Å². The van der Waals surface area contributed by atoms with Crippen LogP contribution in [0.15, 0.2) is 69.6 Å². The number of carbonyl (C=O) groups is 1. The molecule has 0 aliphatic carbocycles. The Morgan fingerprint density at radius 3 is 2.80 bits per heavy atom. The maximum absolute atomic E-state index is 12.8. The Morgan fingerprint density at radius 1 is 1.13 bits per heavy atom. The molecule has 0 bridgehead atoms. The fourth-order valence-corrected chi connectivity index (χ4v) is 5.45. The molecule has 5 rings (SSSR count). The molecule has 0 saturated carbocycles. The first-order valence-corrected chi connectivity index (χ1v) is 11.9. The maximum atomic E-state index is 12.8. The SMILES string of the molecule is O=C(Nc1ccc2oc(-c3cc(I)ccc3Br)nc2c1)c1sc2ccccc2c1Cl. The number of fused-ring (bicyclic) bond motifs is 2. The zero-order valence-electron chi connectivity index (χ0n) is 15.1. The van der Waals surface area contributed by atoms with Gasteiger partial charge in [0.1, 0.15) is 10.4 Å². The number of anilines is 1. The van der Waals surface area contributed by atoms with Gasteiger partial charge in [0.15, 0.2) is 5.58 Å². The average Bonchev–Trinajstić information content (AvgIpc) is 3.31. The lowest BCUT2D eigenvalue weighted by Crippen LogP contribution is -2.10. The monoisotopic (exact) mass is 608 g/mol. The van der Waals surface area contributed by atoms with Crippen molar-refractivity contribution in [3.63, 3.8) is 0 Å². The molecule has 30 heavy (non-hydrogen) atoms. The minimum Gasteiger partial charge on any atom is -0.436 e. The summed E-state index contributed by atoms with van der Waals surface area (Å²) in [5, 5.41) is 4.27. The highest BCUT2D eigenvalue weighted by Gasteiger charge is 2.18. The summed E-state index contributed by atoms with van der Waals surface area (Å²) in [7, 11) is 0. The van der Waals surface area contributed by atoms with Gasteiger partial charge >= 0.3 is 0 Å². The molecule has 0 atom stereocenters. The molecular formula is C22H11BrClIN2O2S. The van der Waals surface area contributed by atoms with Crippen LogP contribution in [0.5, 0.6) is 0 Å². The molecule has 0 aliphatic heterocycles. The van der Waals surface area contributed by atoms with Crippen LogP contribution in [0.2, 0.25) is 5.02 Å². The number of hydrogen-bond acceptors (Lipinski definition) is 4. The van der Waals surface area contributed by atoms with Gasteiger partial charge in [0.2, 0.25) is 5.89 Å². The van der Waals surface area contributed by atoms with Crippen molar-refractivity contribution < 1.29 is 9.21 Å². The summed E-state index contributed by atoms with van der Waals surface area (Å²) in [5.41, 5.74) is 2.81. The summed E-state index contributed by atoms with van der Waals surface area (Å²) >= 11 is 13.6. The summed E-state index contributed by atoms with van der Waals surface area (Å²) in [6, 6.07) is 19.1. The van der Waals surface area contributed by atoms with Crippen molar-refractivity contribution in [2.45, 2.75) is 0 Å². The third-order valence-electron chi connectivity index (χ3n) is 4.55. The largest absolute Gasteiger partial charge is 0.436 e. The number of nitrogens with zero attached hydrogens (tertiary/aromatic N) is 1. The van der Waals surface area contributed by atoms with Crippen molar-refractivity contribution in [3.05, 3.63) is 78.6 Å². The van der Waals surface area contributed by atoms with E-state index in [4.69, 9.17) is 16.0 Å². The van der Waals surface area contributed by atoms with Gasteiger partial charge in [0.25, 0.3) is 5.91 Å². The van der Waals surface area contributed by atoms with Gasteiger partial charge in [-0.2, -0.15) is 0 Å². The normalized spacial score (nSPS) is 11.3. The number of nitrogens with one attached hydrogen (secondary N) is 1. The third-order valence-corrected chi connectivity index (χ3v) is 7.58. The van der Waals surface area contributed by atoms with Crippen molar-refractivity contribution in [1.29, 1.82) is 0 Å². The molecule has 4 nitrogen and oxygen atoms in total. The average molecular weight is 610 g/mol. The van der Waals surface area contributed by atoms with Crippen LogP contribution in [0.1, 0.15) is 9.67 Å². The number of thiophene rings is 1. The zero-order chi connectivity index (χ0) is 20.8. The first kappa shape index (κ1) is 20.0. The van der Waals surface area contributed by atoms with Crippen LogP contribution in [-0.2, 0) is 0 Å². The molecule has 2 aromatic heterocycles. The van der Waals surface area contributed by atoms with E-state index in [0.717, 1.165) is 23.7 Å². The van der Waals surface area contributed by atoms with Gasteiger partial charge in [-0.1, -0.05) is 29.8 Å². The molecule has 8 heteroatoms. The molecule has 0 unspecified atom stereocenters. The fraction of sp³-hybridized carbons (Fsp3) is 0. The molecule has 0 aliphatic rings. The van der Waals surface area contributed by atoms with Crippen molar-refractivity contribution >= 4 is 94.2 Å². The van der Waals surface area contributed by atoms with Crippen molar-refractivity contribution in [3.8, 4) is 11.5 Å². The summed E-state index contributed by atoms with van der Waals surface area (Å²) in [6.07, 6.45) is 0. The summed E-state index contributed by atoms with van der Waals surface area (Å²) in [4.78, 5) is 17.9. The molecule has 0 spiro atoms. The van der Waals surface area contributed by atoms with Crippen molar-refractivity contribution in [1.82, 2.24) is 4.98 Å². The van der Waals surface area contributed by atoms with Crippen LogP contribution in [0, 0.1) is 3.57 Å². The number of oxazole rings is 1. The van der Waals surface area contributed by atoms with Gasteiger partial charge in [0, 0.05) is 23.8 Å². The van der Waals surface area contributed by atoms with Gasteiger partial charge in [-0.3, -0.25) is 4.79 Å². The molecule has 0 radical (unpaired) electrons. The summed E-state index contributed by atoms with van der Waals surface area (Å²) in [5.74, 6) is 0.274. The molecule has 148 valence electrons. The first-order valence-electron chi connectivity index (χ1n) is 8.84. The summed E-state index contributed by atoms with van der Waals surface area (Å²) in [6.45, 7) is 0. The Balaban J connectivity index is 1.47. The molecule has 5 aromatic rings. The molecule has 1 N–H and O–H groups in total. The lowest BCUT2D eigenvalue weighted by molar-refractivity contribution is 0.103. The highest BCUT2D eigenvalue weighted by Crippen LogP contribution is 2.36. The van der Waals surface area contributed by atoms with Crippen LogP contribution in [0.4, 0.5) is 5.69 Å². The second-order valence-corrected chi connectivity index (χ2v) is 10.1.